The van der Waals surface area contributed by atoms with Crippen molar-refractivity contribution in [3.05, 3.63) is 68.7 Å². The fraction of sp³-hybridized carbons (Fsp3) is 0.222. The third kappa shape index (κ3) is 5.70. The van der Waals surface area contributed by atoms with Crippen LogP contribution in [0.15, 0.2) is 47.4 Å². The van der Waals surface area contributed by atoms with E-state index < -0.39 is 23.4 Å². The SMILES string of the molecule is CSc1ccc(CN(C)C(=O)COC(=O)c2cc([N+](=O)[O-])ccc2Cl)cc1. The largest absolute Gasteiger partial charge is 0.452 e. The topological polar surface area (TPSA) is 89.8 Å². The van der Waals surface area contributed by atoms with Crippen molar-refractivity contribution in [3.8, 4) is 0 Å². The molecule has 2 aromatic rings. The molecule has 0 aromatic heterocycles. The molecule has 0 heterocycles. The van der Waals surface area contributed by atoms with E-state index in [0.29, 0.717) is 6.54 Å². The maximum atomic E-state index is 12.2. The van der Waals surface area contributed by atoms with Crippen molar-refractivity contribution in [2.75, 3.05) is 19.9 Å². The number of nitro groups is 1. The van der Waals surface area contributed by atoms with Crippen LogP contribution in [0.4, 0.5) is 5.69 Å². The first-order valence-electron chi connectivity index (χ1n) is 7.79. The Morgan fingerprint density at radius 3 is 2.48 bits per heavy atom. The smallest absolute Gasteiger partial charge is 0.340 e. The molecule has 0 saturated carbocycles. The first kappa shape index (κ1) is 20.7. The molecule has 0 unspecified atom stereocenters. The summed E-state index contributed by atoms with van der Waals surface area (Å²) < 4.78 is 4.96. The Bertz CT molecular complexity index is 857. The van der Waals surface area contributed by atoms with E-state index in [-0.39, 0.29) is 16.3 Å². The van der Waals surface area contributed by atoms with Crippen molar-refractivity contribution in [2.24, 2.45) is 0 Å². The summed E-state index contributed by atoms with van der Waals surface area (Å²) in [5.41, 5.74) is 0.495. The Morgan fingerprint density at radius 2 is 1.89 bits per heavy atom. The van der Waals surface area contributed by atoms with Gasteiger partial charge < -0.3 is 9.64 Å². The van der Waals surface area contributed by atoms with Crippen molar-refractivity contribution < 1.29 is 19.2 Å². The van der Waals surface area contributed by atoms with Crippen LogP contribution in [0.25, 0.3) is 0 Å². The van der Waals surface area contributed by atoms with Gasteiger partial charge in [0.1, 0.15) is 0 Å². The molecule has 0 fully saturated rings. The van der Waals surface area contributed by atoms with Crippen LogP contribution in [0.5, 0.6) is 0 Å². The number of nitrogens with zero attached hydrogens (tertiary/aromatic N) is 2. The predicted octanol–water partition coefficient (Wildman–Crippen LogP) is 3.79. The average Bonchev–Trinajstić information content (AvgIpc) is 2.66. The highest BCUT2D eigenvalue weighted by molar-refractivity contribution is 7.98. The van der Waals surface area contributed by atoms with Crippen molar-refractivity contribution >= 4 is 40.9 Å². The molecule has 0 aliphatic heterocycles. The third-order valence-electron chi connectivity index (χ3n) is 3.71. The van der Waals surface area contributed by atoms with Gasteiger partial charge in [0.05, 0.1) is 15.5 Å². The summed E-state index contributed by atoms with van der Waals surface area (Å²) in [6, 6.07) is 11.2. The molecule has 0 radical (unpaired) electrons. The number of rotatable bonds is 7. The Hall–Kier alpha value is -2.58. The van der Waals surface area contributed by atoms with Gasteiger partial charge in [0, 0.05) is 30.6 Å². The molecule has 0 atom stereocenters. The molecule has 0 spiro atoms. The number of nitro benzene ring substituents is 1. The van der Waals surface area contributed by atoms with E-state index in [1.165, 1.54) is 17.0 Å². The van der Waals surface area contributed by atoms with Crippen LogP contribution >= 0.6 is 23.4 Å². The number of amides is 1. The summed E-state index contributed by atoms with van der Waals surface area (Å²) in [6.45, 7) is -0.125. The number of hydrogen-bond acceptors (Lipinski definition) is 6. The van der Waals surface area contributed by atoms with E-state index in [9.17, 15) is 19.7 Å². The number of likely N-dealkylation sites (N-methyl/N-ethyl adjacent to an activating group) is 1. The van der Waals surface area contributed by atoms with Gasteiger partial charge in [-0.1, -0.05) is 23.7 Å². The minimum Gasteiger partial charge on any atom is -0.452 e. The lowest BCUT2D eigenvalue weighted by Gasteiger charge is -2.17. The standard InChI is InChI=1S/C18H17ClN2O5S/c1-20(10-12-3-6-14(27-2)7-4-12)17(22)11-26-18(23)15-9-13(21(24)25)5-8-16(15)19/h3-9H,10-11H2,1-2H3. The van der Waals surface area contributed by atoms with E-state index in [4.69, 9.17) is 16.3 Å². The Labute approximate surface area is 165 Å². The number of benzene rings is 2. The summed E-state index contributed by atoms with van der Waals surface area (Å²) in [7, 11) is 1.60. The number of esters is 1. The normalized spacial score (nSPS) is 10.3. The van der Waals surface area contributed by atoms with Gasteiger partial charge in [0.25, 0.3) is 11.6 Å². The van der Waals surface area contributed by atoms with Crippen LogP contribution in [-0.2, 0) is 16.1 Å². The second kappa shape index (κ2) is 9.38. The van der Waals surface area contributed by atoms with Crippen LogP contribution in [0, 0.1) is 10.1 Å². The van der Waals surface area contributed by atoms with Gasteiger partial charge in [0.2, 0.25) is 0 Å². The number of hydrogen-bond donors (Lipinski definition) is 0. The highest BCUT2D eigenvalue weighted by Crippen LogP contribution is 2.23. The van der Waals surface area contributed by atoms with Crippen LogP contribution in [0.2, 0.25) is 5.02 Å². The van der Waals surface area contributed by atoms with E-state index in [2.05, 4.69) is 0 Å². The number of ether oxygens (including phenoxy) is 1. The second-order valence-electron chi connectivity index (χ2n) is 5.60. The number of carbonyl (C=O) groups excluding carboxylic acids is 2. The van der Waals surface area contributed by atoms with Gasteiger partial charge in [0.15, 0.2) is 6.61 Å². The number of carbonyl (C=O) groups is 2. The monoisotopic (exact) mass is 408 g/mol. The van der Waals surface area contributed by atoms with E-state index in [1.54, 1.807) is 18.8 Å². The predicted molar refractivity (Wildman–Crippen MR) is 103 cm³/mol. The molecule has 1 amide bonds. The Kier molecular flexibility index (Phi) is 7.20. The highest BCUT2D eigenvalue weighted by atomic mass is 35.5. The van der Waals surface area contributed by atoms with Gasteiger partial charge in [-0.25, -0.2) is 4.79 Å². The van der Waals surface area contributed by atoms with Crippen LogP contribution in [0.3, 0.4) is 0 Å². The molecule has 7 nitrogen and oxygen atoms in total. The third-order valence-corrected chi connectivity index (χ3v) is 4.79. The summed E-state index contributed by atoms with van der Waals surface area (Å²) >= 11 is 7.51. The second-order valence-corrected chi connectivity index (χ2v) is 6.88. The number of thioether (sulfide) groups is 1. The lowest BCUT2D eigenvalue weighted by Crippen LogP contribution is -2.30. The molecule has 9 heteroatoms. The Balaban J connectivity index is 1.94. The molecule has 27 heavy (non-hydrogen) atoms. The van der Waals surface area contributed by atoms with Gasteiger partial charge in [-0.2, -0.15) is 0 Å². The summed E-state index contributed by atoms with van der Waals surface area (Å²) in [5, 5.41) is 10.8. The van der Waals surface area contributed by atoms with Gasteiger partial charge in [-0.05, 0) is 30.0 Å². The summed E-state index contributed by atoms with van der Waals surface area (Å²) in [6.07, 6.45) is 1.98. The molecule has 2 rings (SSSR count). The first-order chi connectivity index (χ1) is 12.8. The van der Waals surface area contributed by atoms with E-state index in [1.807, 2.05) is 30.5 Å². The molecular formula is C18H17ClN2O5S. The minimum absolute atomic E-state index is 0.0142. The van der Waals surface area contributed by atoms with Gasteiger partial charge in [-0.15, -0.1) is 11.8 Å². The van der Waals surface area contributed by atoms with Crippen molar-refractivity contribution in [1.82, 2.24) is 4.90 Å². The van der Waals surface area contributed by atoms with Crippen molar-refractivity contribution in [1.29, 1.82) is 0 Å². The Morgan fingerprint density at radius 1 is 1.22 bits per heavy atom. The zero-order valence-electron chi connectivity index (χ0n) is 14.7. The molecule has 0 aliphatic carbocycles. The molecule has 0 aliphatic rings. The zero-order chi connectivity index (χ0) is 20.0. The maximum Gasteiger partial charge on any atom is 0.340 e. The maximum absolute atomic E-state index is 12.2. The fourth-order valence-corrected chi connectivity index (χ4v) is 2.79. The van der Waals surface area contributed by atoms with E-state index >= 15 is 0 Å². The van der Waals surface area contributed by atoms with Crippen molar-refractivity contribution in [3.63, 3.8) is 0 Å². The highest BCUT2D eigenvalue weighted by Gasteiger charge is 2.19. The average molecular weight is 409 g/mol. The number of non-ortho nitro benzene ring substituents is 1. The molecule has 0 N–H and O–H groups in total. The molecule has 142 valence electrons. The lowest BCUT2D eigenvalue weighted by atomic mass is 10.2. The number of halogens is 1. The van der Waals surface area contributed by atoms with Crippen LogP contribution in [-0.4, -0.2) is 41.6 Å². The quantitative estimate of drug-likeness (QED) is 0.299. The zero-order valence-corrected chi connectivity index (χ0v) is 16.2. The molecule has 0 bridgehead atoms. The molecule has 0 saturated heterocycles. The van der Waals surface area contributed by atoms with Crippen LogP contribution in [0.1, 0.15) is 15.9 Å². The van der Waals surface area contributed by atoms with Gasteiger partial charge >= 0.3 is 5.97 Å². The molecular weight excluding hydrogens is 392 g/mol. The van der Waals surface area contributed by atoms with Gasteiger partial charge in [-0.3, -0.25) is 14.9 Å². The van der Waals surface area contributed by atoms with Crippen molar-refractivity contribution in [2.45, 2.75) is 11.4 Å². The first-order valence-corrected chi connectivity index (χ1v) is 9.40. The lowest BCUT2D eigenvalue weighted by molar-refractivity contribution is -0.384. The fourth-order valence-electron chi connectivity index (χ4n) is 2.19. The summed E-state index contributed by atoms with van der Waals surface area (Å²) in [5.74, 6) is -1.30. The minimum atomic E-state index is -0.894. The van der Waals surface area contributed by atoms with E-state index in [0.717, 1.165) is 16.5 Å². The molecule has 2 aromatic carbocycles. The summed E-state index contributed by atoms with van der Waals surface area (Å²) in [4.78, 5) is 37.0. The van der Waals surface area contributed by atoms with Crippen LogP contribution < -0.4 is 0 Å².